The van der Waals surface area contributed by atoms with Gasteiger partial charge >= 0.3 is 0 Å². The normalized spacial score (nSPS) is 15.3. The Kier molecular flexibility index (Phi) is 4.72. The van der Waals surface area contributed by atoms with Gasteiger partial charge in [0, 0.05) is 35.1 Å². The van der Waals surface area contributed by atoms with E-state index in [1.807, 2.05) is 60.4 Å². The molecule has 6 heteroatoms. The van der Waals surface area contributed by atoms with E-state index in [9.17, 15) is 4.79 Å². The number of aromatic nitrogens is 2. The topological polar surface area (TPSA) is 46.1 Å². The molecule has 5 rings (SSSR count). The van der Waals surface area contributed by atoms with E-state index in [1.54, 1.807) is 11.3 Å². The van der Waals surface area contributed by atoms with E-state index in [-0.39, 0.29) is 5.91 Å². The largest absolute Gasteiger partial charge is 0.339 e. The van der Waals surface area contributed by atoms with Crippen molar-refractivity contribution in [3.05, 3.63) is 69.8 Å². The third-order valence-corrected chi connectivity index (χ3v) is 7.01. The second-order valence-electron chi connectivity index (χ2n) is 7.56. The zero-order valence-electron chi connectivity index (χ0n) is 16.1. The highest BCUT2D eigenvalue weighted by atomic mass is 35.5. The van der Waals surface area contributed by atoms with Crippen LogP contribution in [0.5, 0.6) is 0 Å². The summed E-state index contributed by atoms with van der Waals surface area (Å²) in [5.41, 5.74) is 3.46. The maximum absolute atomic E-state index is 13.3. The second-order valence-corrected chi connectivity index (χ2v) is 9.06. The van der Waals surface area contributed by atoms with Crippen molar-refractivity contribution in [1.82, 2.24) is 14.9 Å². The first kappa shape index (κ1) is 18.5. The van der Waals surface area contributed by atoms with Crippen molar-refractivity contribution in [2.75, 3.05) is 13.1 Å². The summed E-state index contributed by atoms with van der Waals surface area (Å²) in [6, 6.07) is 15.6. The number of thiazole rings is 1. The molecule has 4 nitrogen and oxygen atoms in total. The molecule has 0 unspecified atom stereocenters. The highest BCUT2D eigenvalue weighted by molar-refractivity contribution is 7.18. The fourth-order valence-corrected chi connectivity index (χ4v) is 5.36. The van der Waals surface area contributed by atoms with Gasteiger partial charge in [0.2, 0.25) is 0 Å². The number of aryl methyl sites for hydroxylation is 1. The van der Waals surface area contributed by atoms with E-state index in [4.69, 9.17) is 16.6 Å². The summed E-state index contributed by atoms with van der Waals surface area (Å²) in [5, 5.41) is 2.79. The third-order valence-electron chi connectivity index (χ3n) is 5.57. The molecule has 0 aliphatic carbocycles. The van der Waals surface area contributed by atoms with Gasteiger partial charge in [-0.3, -0.25) is 9.78 Å². The van der Waals surface area contributed by atoms with Gasteiger partial charge in [-0.1, -0.05) is 29.8 Å². The van der Waals surface area contributed by atoms with E-state index in [0.717, 1.165) is 63.6 Å². The van der Waals surface area contributed by atoms with Crippen LogP contribution in [0.4, 0.5) is 0 Å². The van der Waals surface area contributed by atoms with Crippen LogP contribution in [0, 0.1) is 6.92 Å². The van der Waals surface area contributed by atoms with Gasteiger partial charge < -0.3 is 4.90 Å². The molecule has 146 valence electrons. The van der Waals surface area contributed by atoms with Gasteiger partial charge in [0.1, 0.15) is 0 Å². The van der Waals surface area contributed by atoms with Crippen LogP contribution in [-0.2, 0) is 0 Å². The van der Waals surface area contributed by atoms with Gasteiger partial charge in [0.05, 0.1) is 26.3 Å². The first-order chi connectivity index (χ1) is 14.1. The smallest absolute Gasteiger partial charge is 0.254 e. The standard InChI is InChI=1S/C23H20ClN3OS/c1-14-12-18(17-4-2-3-5-19(17)25-14)23(28)27-10-8-15(9-11-27)22-26-20-13-16(24)6-7-21(20)29-22/h2-7,12-13,15H,8-11H2,1H3. The van der Waals surface area contributed by atoms with Crippen LogP contribution in [0.1, 0.15) is 39.8 Å². The molecule has 0 N–H and O–H groups in total. The number of amides is 1. The Morgan fingerprint density at radius 3 is 2.69 bits per heavy atom. The molecule has 1 fully saturated rings. The molecule has 0 spiro atoms. The summed E-state index contributed by atoms with van der Waals surface area (Å²) >= 11 is 7.84. The van der Waals surface area contributed by atoms with E-state index < -0.39 is 0 Å². The zero-order valence-corrected chi connectivity index (χ0v) is 17.6. The van der Waals surface area contributed by atoms with Crippen LogP contribution in [0.2, 0.25) is 5.02 Å². The molecule has 0 bridgehead atoms. The van der Waals surface area contributed by atoms with E-state index in [2.05, 4.69) is 4.98 Å². The van der Waals surface area contributed by atoms with Gasteiger partial charge in [-0.25, -0.2) is 4.98 Å². The number of benzene rings is 2. The molecule has 2 aromatic carbocycles. The molecule has 1 aliphatic heterocycles. The number of carbonyl (C=O) groups excluding carboxylic acids is 1. The molecular formula is C23H20ClN3OS. The molecular weight excluding hydrogens is 402 g/mol. The highest BCUT2D eigenvalue weighted by Crippen LogP contribution is 2.35. The lowest BCUT2D eigenvalue weighted by Crippen LogP contribution is -2.38. The van der Waals surface area contributed by atoms with Gasteiger partial charge in [-0.05, 0) is 50.1 Å². The number of halogens is 1. The minimum absolute atomic E-state index is 0.0984. The monoisotopic (exact) mass is 421 g/mol. The maximum atomic E-state index is 13.3. The average molecular weight is 422 g/mol. The molecule has 4 aromatic rings. The number of fused-ring (bicyclic) bond motifs is 2. The number of rotatable bonds is 2. The molecule has 1 amide bonds. The number of likely N-dealkylation sites (tertiary alicyclic amines) is 1. The predicted molar refractivity (Wildman–Crippen MR) is 119 cm³/mol. The third kappa shape index (κ3) is 3.49. The molecule has 2 aromatic heterocycles. The number of carbonyl (C=O) groups is 1. The van der Waals surface area contributed by atoms with Crippen molar-refractivity contribution in [3.63, 3.8) is 0 Å². The number of nitrogens with zero attached hydrogens (tertiary/aromatic N) is 3. The molecule has 0 saturated carbocycles. The van der Waals surface area contributed by atoms with Crippen LogP contribution < -0.4 is 0 Å². The summed E-state index contributed by atoms with van der Waals surface area (Å²) < 4.78 is 1.17. The number of hydrogen-bond donors (Lipinski definition) is 0. The van der Waals surface area contributed by atoms with Crippen molar-refractivity contribution in [1.29, 1.82) is 0 Å². The van der Waals surface area contributed by atoms with E-state index >= 15 is 0 Å². The summed E-state index contributed by atoms with van der Waals surface area (Å²) in [6.07, 6.45) is 1.86. The lowest BCUT2D eigenvalue weighted by Gasteiger charge is -2.31. The van der Waals surface area contributed by atoms with E-state index in [0.29, 0.717) is 5.92 Å². The Hall–Kier alpha value is -2.50. The first-order valence-electron chi connectivity index (χ1n) is 9.80. The summed E-state index contributed by atoms with van der Waals surface area (Å²) in [7, 11) is 0. The Bertz CT molecular complexity index is 1230. The van der Waals surface area contributed by atoms with Crippen LogP contribution in [-0.4, -0.2) is 33.9 Å². The van der Waals surface area contributed by atoms with E-state index in [1.165, 1.54) is 4.70 Å². The molecule has 1 saturated heterocycles. The Balaban J connectivity index is 1.36. The molecule has 3 heterocycles. The lowest BCUT2D eigenvalue weighted by atomic mass is 9.96. The fraction of sp³-hybridized carbons (Fsp3) is 0.261. The summed E-state index contributed by atoms with van der Waals surface area (Å²) in [4.78, 5) is 24.6. The van der Waals surface area contributed by atoms with Crippen molar-refractivity contribution < 1.29 is 4.79 Å². The number of para-hydroxylation sites is 1. The van der Waals surface area contributed by atoms with Crippen molar-refractivity contribution in [2.24, 2.45) is 0 Å². The summed E-state index contributed by atoms with van der Waals surface area (Å²) in [5.74, 6) is 0.493. The first-order valence-corrected chi connectivity index (χ1v) is 11.0. The van der Waals surface area contributed by atoms with Crippen LogP contribution in [0.3, 0.4) is 0 Å². The second kappa shape index (κ2) is 7.39. The SMILES string of the molecule is Cc1cc(C(=O)N2CCC(c3nc4cc(Cl)ccc4s3)CC2)c2ccccc2n1. The van der Waals surface area contributed by atoms with Crippen molar-refractivity contribution >= 4 is 50.0 Å². The average Bonchev–Trinajstić information content (AvgIpc) is 3.16. The van der Waals surface area contributed by atoms with Crippen molar-refractivity contribution in [3.8, 4) is 0 Å². The number of pyridine rings is 1. The number of hydrogen-bond acceptors (Lipinski definition) is 4. The zero-order chi connectivity index (χ0) is 20.0. The Labute approximate surface area is 178 Å². The Morgan fingerprint density at radius 2 is 1.86 bits per heavy atom. The quantitative estimate of drug-likeness (QED) is 0.409. The minimum Gasteiger partial charge on any atom is -0.339 e. The molecule has 29 heavy (non-hydrogen) atoms. The maximum Gasteiger partial charge on any atom is 0.254 e. The lowest BCUT2D eigenvalue weighted by molar-refractivity contribution is 0.0715. The van der Waals surface area contributed by atoms with Gasteiger partial charge in [-0.15, -0.1) is 11.3 Å². The minimum atomic E-state index is 0.0984. The molecule has 0 atom stereocenters. The Morgan fingerprint density at radius 1 is 1.07 bits per heavy atom. The highest BCUT2D eigenvalue weighted by Gasteiger charge is 2.27. The van der Waals surface area contributed by atoms with Gasteiger partial charge in [-0.2, -0.15) is 0 Å². The van der Waals surface area contributed by atoms with Crippen LogP contribution in [0.15, 0.2) is 48.5 Å². The van der Waals surface area contributed by atoms with Crippen LogP contribution >= 0.6 is 22.9 Å². The van der Waals surface area contributed by atoms with Gasteiger partial charge in [0.25, 0.3) is 5.91 Å². The predicted octanol–water partition coefficient (Wildman–Crippen LogP) is 5.83. The molecule has 0 radical (unpaired) electrons. The van der Waals surface area contributed by atoms with Crippen LogP contribution in [0.25, 0.3) is 21.1 Å². The van der Waals surface area contributed by atoms with Gasteiger partial charge in [0.15, 0.2) is 0 Å². The summed E-state index contributed by atoms with van der Waals surface area (Å²) in [6.45, 7) is 3.43. The number of piperidine rings is 1. The fourth-order valence-electron chi connectivity index (χ4n) is 4.08. The molecule has 1 aliphatic rings. The van der Waals surface area contributed by atoms with Crippen molar-refractivity contribution in [2.45, 2.75) is 25.7 Å².